The first-order valence-corrected chi connectivity index (χ1v) is 8.40. The third-order valence-electron chi connectivity index (χ3n) is 4.42. The van der Waals surface area contributed by atoms with Crippen molar-refractivity contribution in [2.45, 2.75) is 13.0 Å². The molecule has 0 spiro atoms. The Labute approximate surface area is 147 Å². The van der Waals surface area contributed by atoms with Gasteiger partial charge in [-0.25, -0.2) is 0 Å². The van der Waals surface area contributed by atoms with E-state index in [0.717, 1.165) is 33.6 Å². The lowest BCUT2D eigenvalue weighted by atomic mass is 10.1. The average molecular weight is 326 g/mol. The molecule has 0 aromatic heterocycles. The Morgan fingerprint density at radius 3 is 2.40 bits per heavy atom. The van der Waals surface area contributed by atoms with Crippen LogP contribution in [-0.2, 0) is 13.0 Å². The first-order valence-electron chi connectivity index (χ1n) is 8.40. The third kappa shape index (κ3) is 3.24. The molecule has 2 heteroatoms. The molecule has 25 heavy (non-hydrogen) atoms. The SMILES string of the molecule is O=C1C(=Cc2ccccc2OCc2ccccc2)Cc2ccccc21. The minimum Gasteiger partial charge on any atom is -0.488 e. The number of hydrogen-bond acceptors (Lipinski definition) is 2. The number of ether oxygens (including phenoxy) is 1. The molecule has 4 rings (SSSR count). The summed E-state index contributed by atoms with van der Waals surface area (Å²) in [6.07, 6.45) is 2.64. The molecule has 1 aliphatic rings. The van der Waals surface area contributed by atoms with Crippen molar-refractivity contribution >= 4 is 11.9 Å². The highest BCUT2D eigenvalue weighted by Crippen LogP contribution is 2.30. The van der Waals surface area contributed by atoms with Crippen molar-refractivity contribution in [2.75, 3.05) is 0 Å². The molecule has 0 bridgehead atoms. The molecule has 0 fully saturated rings. The maximum absolute atomic E-state index is 12.6. The van der Waals surface area contributed by atoms with Crippen LogP contribution in [0.25, 0.3) is 6.08 Å². The van der Waals surface area contributed by atoms with Gasteiger partial charge in [-0.1, -0.05) is 72.8 Å². The summed E-state index contributed by atoms with van der Waals surface area (Å²) in [7, 11) is 0. The van der Waals surface area contributed by atoms with Crippen molar-refractivity contribution in [3.05, 3.63) is 107 Å². The number of fused-ring (bicyclic) bond motifs is 1. The van der Waals surface area contributed by atoms with Gasteiger partial charge in [0.15, 0.2) is 5.78 Å². The second-order valence-corrected chi connectivity index (χ2v) is 6.14. The Kier molecular flexibility index (Phi) is 4.17. The van der Waals surface area contributed by atoms with Crippen LogP contribution in [0.15, 0.2) is 84.4 Å². The van der Waals surface area contributed by atoms with Crippen LogP contribution in [0, 0.1) is 0 Å². The molecule has 0 heterocycles. The van der Waals surface area contributed by atoms with E-state index < -0.39 is 0 Å². The summed E-state index contributed by atoms with van der Waals surface area (Å²) >= 11 is 0. The van der Waals surface area contributed by atoms with Crippen LogP contribution < -0.4 is 4.74 Å². The maximum atomic E-state index is 12.6. The first-order chi connectivity index (χ1) is 12.3. The van der Waals surface area contributed by atoms with E-state index in [4.69, 9.17) is 4.74 Å². The quantitative estimate of drug-likeness (QED) is 0.624. The number of para-hydroxylation sites is 1. The molecule has 0 saturated heterocycles. The second kappa shape index (κ2) is 6.78. The minimum atomic E-state index is 0.119. The summed E-state index contributed by atoms with van der Waals surface area (Å²) in [5, 5.41) is 0. The number of carbonyl (C=O) groups excluding carboxylic acids is 1. The minimum absolute atomic E-state index is 0.119. The van der Waals surface area contributed by atoms with Crippen molar-refractivity contribution in [2.24, 2.45) is 0 Å². The van der Waals surface area contributed by atoms with Gasteiger partial charge in [-0.15, -0.1) is 0 Å². The van der Waals surface area contributed by atoms with Crippen molar-refractivity contribution in [3.8, 4) is 5.75 Å². The fourth-order valence-corrected chi connectivity index (χ4v) is 3.13. The molecule has 0 saturated carbocycles. The molecular weight excluding hydrogens is 308 g/mol. The maximum Gasteiger partial charge on any atom is 0.189 e. The molecule has 0 aliphatic heterocycles. The van der Waals surface area contributed by atoms with Gasteiger partial charge in [0.1, 0.15) is 12.4 Å². The summed E-state index contributed by atoms with van der Waals surface area (Å²) in [6, 6.07) is 25.7. The Morgan fingerprint density at radius 1 is 0.840 bits per heavy atom. The summed E-state index contributed by atoms with van der Waals surface area (Å²) in [4.78, 5) is 12.6. The Hall–Kier alpha value is -3.13. The molecule has 0 amide bonds. The standard InChI is InChI=1S/C23H18O2/c24-23-20(14-18-10-4-6-12-21(18)23)15-19-11-5-7-13-22(19)25-16-17-8-2-1-3-9-17/h1-13,15H,14,16H2. The highest BCUT2D eigenvalue weighted by Gasteiger charge is 2.24. The predicted molar refractivity (Wildman–Crippen MR) is 99.7 cm³/mol. The number of ketones is 1. The molecule has 122 valence electrons. The summed E-state index contributed by atoms with van der Waals surface area (Å²) < 4.78 is 5.99. The molecule has 0 N–H and O–H groups in total. The van der Waals surface area contributed by atoms with Gasteiger partial charge in [0.05, 0.1) is 0 Å². The lowest BCUT2D eigenvalue weighted by Gasteiger charge is -2.10. The van der Waals surface area contributed by atoms with E-state index in [1.54, 1.807) is 0 Å². The van der Waals surface area contributed by atoms with Crippen molar-refractivity contribution in [3.63, 3.8) is 0 Å². The fourth-order valence-electron chi connectivity index (χ4n) is 3.13. The van der Waals surface area contributed by atoms with E-state index in [1.807, 2.05) is 84.9 Å². The van der Waals surface area contributed by atoms with Crippen LogP contribution in [0.4, 0.5) is 0 Å². The number of carbonyl (C=O) groups is 1. The fraction of sp³-hybridized carbons (Fsp3) is 0.0870. The molecule has 0 atom stereocenters. The van der Waals surface area contributed by atoms with E-state index in [1.165, 1.54) is 0 Å². The first kappa shape index (κ1) is 15.4. The van der Waals surface area contributed by atoms with Crippen molar-refractivity contribution < 1.29 is 9.53 Å². The molecule has 2 nitrogen and oxygen atoms in total. The van der Waals surface area contributed by atoms with Gasteiger partial charge in [-0.05, 0) is 23.3 Å². The van der Waals surface area contributed by atoms with Gasteiger partial charge in [0, 0.05) is 23.1 Å². The lowest BCUT2D eigenvalue weighted by molar-refractivity contribution is 0.104. The largest absolute Gasteiger partial charge is 0.488 e. The summed E-state index contributed by atoms with van der Waals surface area (Å²) in [5.74, 6) is 0.913. The smallest absolute Gasteiger partial charge is 0.189 e. The van der Waals surface area contributed by atoms with Gasteiger partial charge in [0.2, 0.25) is 0 Å². The molecular formula is C23H18O2. The highest BCUT2D eigenvalue weighted by molar-refractivity contribution is 6.15. The summed E-state index contributed by atoms with van der Waals surface area (Å²) in [6.45, 7) is 0.509. The molecule has 0 radical (unpaired) electrons. The van der Waals surface area contributed by atoms with Crippen molar-refractivity contribution in [1.29, 1.82) is 0 Å². The van der Waals surface area contributed by atoms with Crippen LogP contribution >= 0.6 is 0 Å². The molecule has 3 aromatic carbocycles. The zero-order chi connectivity index (χ0) is 17.1. The monoisotopic (exact) mass is 326 g/mol. The molecule has 1 aliphatic carbocycles. The van der Waals surface area contributed by atoms with E-state index >= 15 is 0 Å². The van der Waals surface area contributed by atoms with E-state index in [9.17, 15) is 4.79 Å². The number of benzene rings is 3. The van der Waals surface area contributed by atoms with E-state index in [2.05, 4.69) is 0 Å². The highest BCUT2D eigenvalue weighted by atomic mass is 16.5. The topological polar surface area (TPSA) is 26.3 Å². The average Bonchev–Trinajstić information content (AvgIpc) is 2.98. The zero-order valence-corrected chi connectivity index (χ0v) is 13.8. The number of Topliss-reactive ketones (excluding diaryl/α,β-unsaturated/α-hetero) is 1. The van der Waals surface area contributed by atoms with Crippen molar-refractivity contribution in [1.82, 2.24) is 0 Å². The van der Waals surface area contributed by atoms with Gasteiger partial charge in [0.25, 0.3) is 0 Å². The van der Waals surface area contributed by atoms with Gasteiger partial charge in [-0.3, -0.25) is 4.79 Å². The molecule has 3 aromatic rings. The zero-order valence-electron chi connectivity index (χ0n) is 13.8. The van der Waals surface area contributed by atoms with E-state index in [0.29, 0.717) is 13.0 Å². The number of allylic oxidation sites excluding steroid dienone is 1. The van der Waals surface area contributed by atoms with Crippen LogP contribution in [0.5, 0.6) is 5.75 Å². The van der Waals surface area contributed by atoms with Gasteiger partial charge < -0.3 is 4.74 Å². The third-order valence-corrected chi connectivity index (χ3v) is 4.42. The number of hydrogen-bond donors (Lipinski definition) is 0. The predicted octanol–water partition coefficient (Wildman–Crippen LogP) is 5.09. The van der Waals surface area contributed by atoms with Crippen LogP contribution in [0.3, 0.4) is 0 Å². The van der Waals surface area contributed by atoms with E-state index in [-0.39, 0.29) is 5.78 Å². The summed E-state index contributed by atoms with van der Waals surface area (Å²) in [5.41, 5.74) is 4.79. The number of rotatable bonds is 4. The second-order valence-electron chi connectivity index (χ2n) is 6.14. The lowest BCUT2D eigenvalue weighted by Crippen LogP contribution is -1.98. The molecule has 0 unspecified atom stereocenters. The Bertz CT molecular complexity index is 939. The van der Waals surface area contributed by atoms with Crippen LogP contribution in [-0.4, -0.2) is 5.78 Å². The van der Waals surface area contributed by atoms with Gasteiger partial charge in [-0.2, -0.15) is 0 Å². The Balaban J connectivity index is 1.59. The Morgan fingerprint density at radius 2 is 1.56 bits per heavy atom. The van der Waals surface area contributed by atoms with Crippen LogP contribution in [0.2, 0.25) is 0 Å². The van der Waals surface area contributed by atoms with Crippen LogP contribution in [0.1, 0.15) is 27.0 Å². The van der Waals surface area contributed by atoms with Gasteiger partial charge >= 0.3 is 0 Å². The normalized spacial score (nSPS) is 14.6.